The number of H-pyrrole nitrogens is 2. The number of likely N-dealkylation sites (tertiary alicyclic amines) is 1. The molecule has 4 unspecified atom stereocenters. The third-order valence-electron chi connectivity index (χ3n) is 7.45. The number of aromatic nitrogens is 3. The van der Waals surface area contributed by atoms with Crippen LogP contribution in [0.5, 0.6) is 0 Å². The van der Waals surface area contributed by atoms with E-state index in [-0.39, 0.29) is 12.8 Å². The number of benzene rings is 1. The number of unbranched alkanes of at least 4 members (excludes halogenated alkanes) is 1. The van der Waals surface area contributed by atoms with Crippen molar-refractivity contribution in [2.24, 2.45) is 11.5 Å². The number of nitrogens with two attached hydrogens (primary N) is 2. The van der Waals surface area contributed by atoms with Gasteiger partial charge in [0.15, 0.2) is 0 Å². The lowest BCUT2D eigenvalue weighted by atomic mass is 10.0. The molecule has 3 aromatic rings. The van der Waals surface area contributed by atoms with Crippen molar-refractivity contribution in [2.75, 3.05) is 13.1 Å². The van der Waals surface area contributed by atoms with Crippen molar-refractivity contribution >= 4 is 34.6 Å². The standard InChI is InChI=1S/C28H38N8O5/c29-10-4-3-8-22(34-25(37)20(30)13-18-15-31-16-33-18)27(39)36-11-5-9-24(36)26(38)35-23(28(40)41)12-17-14-32-21-7-2-1-6-19(17)21/h1-2,6-7,14-16,20,22-24,32H,3-5,8-13,29-30H2,(H,31,33)(H,34,37)(H,35,38)(H,40,41). The molecular weight excluding hydrogens is 528 g/mol. The Kier molecular flexibility index (Phi) is 10.1. The molecule has 1 aliphatic heterocycles. The summed E-state index contributed by atoms with van der Waals surface area (Å²) in [6, 6.07) is 3.70. The van der Waals surface area contributed by atoms with Gasteiger partial charge in [-0.05, 0) is 50.3 Å². The van der Waals surface area contributed by atoms with Crippen LogP contribution in [-0.2, 0) is 32.0 Å². The van der Waals surface area contributed by atoms with Gasteiger partial charge in [-0.1, -0.05) is 18.2 Å². The predicted molar refractivity (Wildman–Crippen MR) is 151 cm³/mol. The predicted octanol–water partition coefficient (Wildman–Crippen LogP) is 0.178. The number of nitrogens with zero attached hydrogens (tertiary/aromatic N) is 2. The third-order valence-corrected chi connectivity index (χ3v) is 7.45. The van der Waals surface area contributed by atoms with Gasteiger partial charge < -0.3 is 42.1 Å². The Bertz CT molecular complexity index is 1340. The molecule has 9 N–H and O–H groups in total. The van der Waals surface area contributed by atoms with E-state index >= 15 is 0 Å². The lowest BCUT2D eigenvalue weighted by Crippen LogP contribution is -2.57. The molecule has 1 aromatic carbocycles. The number of carbonyl (C=O) groups excluding carboxylic acids is 3. The monoisotopic (exact) mass is 566 g/mol. The number of aromatic amines is 2. The number of carboxylic acids is 1. The SMILES string of the molecule is NCCCCC(NC(=O)C(N)Cc1cnc[nH]1)C(=O)N1CCCC1C(=O)NC(Cc1c[nH]c2ccccc12)C(=O)O. The van der Waals surface area contributed by atoms with Crippen molar-refractivity contribution in [2.45, 2.75) is 69.1 Å². The minimum Gasteiger partial charge on any atom is -0.480 e. The van der Waals surface area contributed by atoms with E-state index in [1.807, 2.05) is 24.3 Å². The highest BCUT2D eigenvalue weighted by molar-refractivity contribution is 5.95. The first-order valence-corrected chi connectivity index (χ1v) is 13.9. The minimum absolute atomic E-state index is 0.0811. The van der Waals surface area contributed by atoms with Crippen LogP contribution in [0.25, 0.3) is 10.9 Å². The van der Waals surface area contributed by atoms with Crippen LogP contribution in [0.1, 0.15) is 43.4 Å². The minimum atomic E-state index is -1.18. The highest BCUT2D eigenvalue weighted by Gasteiger charge is 2.39. The van der Waals surface area contributed by atoms with Crippen LogP contribution in [0.2, 0.25) is 0 Å². The summed E-state index contributed by atoms with van der Waals surface area (Å²) in [5.41, 5.74) is 14.1. The normalized spacial score (nSPS) is 17.2. The van der Waals surface area contributed by atoms with Gasteiger partial charge in [-0.2, -0.15) is 0 Å². The van der Waals surface area contributed by atoms with Crippen LogP contribution in [0, 0.1) is 0 Å². The first kappa shape index (κ1) is 29.7. The maximum absolute atomic E-state index is 13.7. The molecule has 1 aliphatic rings. The van der Waals surface area contributed by atoms with Gasteiger partial charge in [-0.15, -0.1) is 0 Å². The molecule has 0 bridgehead atoms. The first-order valence-electron chi connectivity index (χ1n) is 13.9. The zero-order chi connectivity index (χ0) is 29.4. The van der Waals surface area contributed by atoms with E-state index in [9.17, 15) is 24.3 Å². The topological polar surface area (TPSA) is 212 Å². The number of imidazole rings is 1. The van der Waals surface area contributed by atoms with Crippen LogP contribution in [0.3, 0.4) is 0 Å². The number of carbonyl (C=O) groups is 4. The van der Waals surface area contributed by atoms with Crippen molar-refractivity contribution in [3.05, 3.63) is 54.2 Å². The molecule has 0 spiro atoms. The van der Waals surface area contributed by atoms with Gasteiger partial charge in [-0.3, -0.25) is 14.4 Å². The summed E-state index contributed by atoms with van der Waals surface area (Å²) in [4.78, 5) is 63.4. The molecule has 2 aromatic heterocycles. The second-order valence-electron chi connectivity index (χ2n) is 10.4. The Morgan fingerprint density at radius 1 is 1.10 bits per heavy atom. The number of hydrogen-bond donors (Lipinski definition) is 7. The lowest BCUT2D eigenvalue weighted by molar-refractivity contribution is -0.145. The van der Waals surface area contributed by atoms with E-state index < -0.39 is 47.9 Å². The molecule has 3 heterocycles. The summed E-state index contributed by atoms with van der Waals surface area (Å²) < 4.78 is 0. The highest BCUT2D eigenvalue weighted by Crippen LogP contribution is 2.22. The van der Waals surface area contributed by atoms with E-state index in [1.165, 1.54) is 11.2 Å². The molecule has 13 heteroatoms. The molecule has 1 saturated heterocycles. The third kappa shape index (κ3) is 7.50. The van der Waals surface area contributed by atoms with Crippen LogP contribution in [0.4, 0.5) is 0 Å². The number of amides is 3. The van der Waals surface area contributed by atoms with Gasteiger partial charge in [0.1, 0.15) is 18.1 Å². The summed E-state index contributed by atoms with van der Waals surface area (Å²) in [5, 5.41) is 16.2. The average molecular weight is 567 g/mol. The van der Waals surface area contributed by atoms with E-state index in [0.29, 0.717) is 50.9 Å². The van der Waals surface area contributed by atoms with Gasteiger partial charge in [0, 0.05) is 48.4 Å². The van der Waals surface area contributed by atoms with Crippen LogP contribution >= 0.6 is 0 Å². The van der Waals surface area contributed by atoms with Gasteiger partial charge >= 0.3 is 5.97 Å². The molecular formula is C28H38N8O5. The smallest absolute Gasteiger partial charge is 0.326 e. The summed E-state index contributed by atoms with van der Waals surface area (Å²) >= 11 is 0. The van der Waals surface area contributed by atoms with Gasteiger partial charge in [0.2, 0.25) is 17.7 Å². The van der Waals surface area contributed by atoms with E-state index in [2.05, 4.69) is 25.6 Å². The lowest BCUT2D eigenvalue weighted by Gasteiger charge is -2.30. The molecule has 0 aliphatic carbocycles. The molecule has 220 valence electrons. The number of hydrogen-bond acceptors (Lipinski definition) is 7. The number of aliphatic carboxylic acids is 1. The summed E-state index contributed by atoms with van der Waals surface area (Å²) in [5.74, 6) is -2.59. The van der Waals surface area contributed by atoms with Crippen molar-refractivity contribution in [1.82, 2.24) is 30.5 Å². The van der Waals surface area contributed by atoms with Crippen molar-refractivity contribution in [3.8, 4) is 0 Å². The zero-order valence-electron chi connectivity index (χ0n) is 22.8. The fourth-order valence-electron chi connectivity index (χ4n) is 5.25. The summed E-state index contributed by atoms with van der Waals surface area (Å²) in [6.07, 6.45) is 7.67. The number of nitrogens with one attached hydrogen (secondary N) is 4. The zero-order valence-corrected chi connectivity index (χ0v) is 22.8. The Labute approximate surface area is 237 Å². The average Bonchev–Trinajstić information content (AvgIpc) is 3.73. The van der Waals surface area contributed by atoms with Crippen molar-refractivity contribution < 1.29 is 24.3 Å². The number of para-hydroxylation sites is 1. The first-order chi connectivity index (χ1) is 19.8. The van der Waals surface area contributed by atoms with Gasteiger partial charge in [-0.25, -0.2) is 9.78 Å². The second-order valence-corrected chi connectivity index (χ2v) is 10.4. The molecule has 4 rings (SSSR count). The fraction of sp³-hybridized carbons (Fsp3) is 0.464. The Hall–Kier alpha value is -4.23. The summed E-state index contributed by atoms with van der Waals surface area (Å²) in [7, 11) is 0. The second kappa shape index (κ2) is 13.9. The molecule has 1 fully saturated rings. The highest BCUT2D eigenvalue weighted by atomic mass is 16.4. The van der Waals surface area contributed by atoms with Crippen LogP contribution in [0.15, 0.2) is 43.0 Å². The maximum Gasteiger partial charge on any atom is 0.326 e. The Morgan fingerprint density at radius 2 is 1.90 bits per heavy atom. The summed E-state index contributed by atoms with van der Waals surface area (Å²) in [6.45, 7) is 0.760. The maximum atomic E-state index is 13.7. The molecule has 4 atom stereocenters. The van der Waals surface area contributed by atoms with E-state index in [4.69, 9.17) is 11.5 Å². The Morgan fingerprint density at radius 3 is 2.63 bits per heavy atom. The fourth-order valence-corrected chi connectivity index (χ4v) is 5.25. The van der Waals surface area contributed by atoms with Crippen molar-refractivity contribution in [3.63, 3.8) is 0 Å². The van der Waals surface area contributed by atoms with Crippen molar-refractivity contribution in [1.29, 1.82) is 0 Å². The van der Waals surface area contributed by atoms with Gasteiger partial charge in [0.25, 0.3) is 0 Å². The molecule has 3 amide bonds. The number of rotatable bonds is 14. The molecule has 0 saturated carbocycles. The van der Waals surface area contributed by atoms with Crippen LogP contribution in [-0.4, -0.2) is 85.9 Å². The van der Waals surface area contributed by atoms with Gasteiger partial charge in [0.05, 0.1) is 12.4 Å². The number of carboxylic acid groups (broad SMARTS) is 1. The van der Waals surface area contributed by atoms with E-state index in [1.54, 1.807) is 12.4 Å². The Balaban J connectivity index is 1.43. The molecule has 0 radical (unpaired) electrons. The van der Waals surface area contributed by atoms with E-state index in [0.717, 1.165) is 16.5 Å². The van der Waals surface area contributed by atoms with Crippen LogP contribution < -0.4 is 22.1 Å². The molecule has 13 nitrogen and oxygen atoms in total. The largest absolute Gasteiger partial charge is 0.480 e. The quantitative estimate of drug-likeness (QED) is 0.133. The molecule has 41 heavy (non-hydrogen) atoms. The number of fused-ring (bicyclic) bond motifs is 1.